The lowest BCUT2D eigenvalue weighted by Crippen LogP contribution is -1.84. The average Bonchev–Trinajstić information content (AvgIpc) is 2.46. The molecule has 0 fully saturated rings. The average molecular weight is 241 g/mol. The van der Waals surface area contributed by atoms with Crippen LogP contribution in [0.1, 0.15) is 5.56 Å². The lowest BCUT2D eigenvalue weighted by molar-refractivity contribution is 0.414. The molecule has 0 heterocycles. The Hall–Kier alpha value is -2.29. The molecule has 3 nitrogen and oxygen atoms in total. The van der Waals surface area contributed by atoms with Gasteiger partial charge in [-0.05, 0) is 54.1 Å². The molecule has 2 rings (SSSR count). The second-order valence-corrected chi connectivity index (χ2v) is 3.73. The van der Waals surface area contributed by atoms with E-state index in [0.717, 1.165) is 22.7 Å². The van der Waals surface area contributed by atoms with Crippen LogP contribution in [0, 0.1) is 0 Å². The van der Waals surface area contributed by atoms with Gasteiger partial charge in [0.05, 0.1) is 19.9 Å². The van der Waals surface area contributed by atoms with E-state index < -0.39 is 0 Å². The fourth-order valence-corrected chi connectivity index (χ4v) is 1.51. The third kappa shape index (κ3) is 3.10. The van der Waals surface area contributed by atoms with Gasteiger partial charge in [0.15, 0.2) is 0 Å². The molecule has 0 amide bonds. The second kappa shape index (κ2) is 5.87. The molecular weight excluding hydrogens is 226 g/mol. The van der Waals surface area contributed by atoms with Crippen LogP contribution in [0.25, 0.3) is 0 Å². The SMILES string of the molecule is COc1ccc(/C=N/c2ccc(OC)cc2)cc1. The Morgan fingerprint density at radius 3 is 1.78 bits per heavy atom. The van der Waals surface area contributed by atoms with E-state index >= 15 is 0 Å². The van der Waals surface area contributed by atoms with Crippen molar-refractivity contribution in [3.8, 4) is 11.5 Å². The van der Waals surface area contributed by atoms with Gasteiger partial charge in [-0.25, -0.2) is 0 Å². The number of ether oxygens (including phenoxy) is 2. The van der Waals surface area contributed by atoms with Crippen LogP contribution in [0.15, 0.2) is 53.5 Å². The van der Waals surface area contributed by atoms with Crippen LogP contribution in [-0.4, -0.2) is 20.4 Å². The minimum atomic E-state index is 0.832. The molecule has 0 bridgehead atoms. The molecule has 0 N–H and O–H groups in total. The van der Waals surface area contributed by atoms with E-state index in [4.69, 9.17) is 9.47 Å². The van der Waals surface area contributed by atoms with Crippen LogP contribution in [-0.2, 0) is 0 Å². The Bertz CT molecular complexity index is 466. The van der Waals surface area contributed by atoms with Crippen molar-refractivity contribution < 1.29 is 9.47 Å². The Morgan fingerprint density at radius 1 is 0.778 bits per heavy atom. The number of nitrogens with zero attached hydrogens (tertiary/aromatic N) is 1. The lowest BCUT2D eigenvalue weighted by Gasteiger charge is -2.00. The zero-order valence-corrected chi connectivity index (χ0v) is 10.5. The summed E-state index contributed by atoms with van der Waals surface area (Å²) in [4.78, 5) is 4.39. The van der Waals surface area contributed by atoms with Gasteiger partial charge in [0.25, 0.3) is 0 Å². The standard InChI is InChI=1S/C15H15NO2/c1-17-14-7-3-12(4-8-14)11-16-13-5-9-15(18-2)10-6-13/h3-11H,1-2H3/b16-11+. The van der Waals surface area contributed by atoms with Crippen molar-refractivity contribution in [3.63, 3.8) is 0 Å². The van der Waals surface area contributed by atoms with Gasteiger partial charge >= 0.3 is 0 Å². The summed E-state index contributed by atoms with van der Waals surface area (Å²) in [5, 5.41) is 0. The normalized spacial score (nSPS) is 10.6. The Morgan fingerprint density at radius 2 is 1.28 bits per heavy atom. The smallest absolute Gasteiger partial charge is 0.119 e. The van der Waals surface area contributed by atoms with Crippen LogP contribution in [0.3, 0.4) is 0 Å². The van der Waals surface area contributed by atoms with Crippen LogP contribution in [0.2, 0.25) is 0 Å². The van der Waals surface area contributed by atoms with Gasteiger partial charge in [0.1, 0.15) is 11.5 Å². The third-order valence-electron chi connectivity index (χ3n) is 2.55. The topological polar surface area (TPSA) is 30.8 Å². The fraction of sp³-hybridized carbons (Fsp3) is 0.133. The van der Waals surface area contributed by atoms with Gasteiger partial charge < -0.3 is 9.47 Å². The van der Waals surface area contributed by atoms with E-state index in [9.17, 15) is 0 Å². The van der Waals surface area contributed by atoms with Crippen molar-refractivity contribution in [2.45, 2.75) is 0 Å². The second-order valence-electron chi connectivity index (χ2n) is 3.73. The molecule has 0 spiro atoms. The molecule has 2 aromatic rings. The summed E-state index contributed by atoms with van der Waals surface area (Å²) < 4.78 is 10.2. The first-order valence-electron chi connectivity index (χ1n) is 5.64. The van der Waals surface area contributed by atoms with E-state index in [1.807, 2.05) is 54.7 Å². The number of rotatable bonds is 4. The summed E-state index contributed by atoms with van der Waals surface area (Å²) in [6, 6.07) is 15.4. The van der Waals surface area contributed by atoms with Crippen molar-refractivity contribution in [2.75, 3.05) is 14.2 Å². The van der Waals surface area contributed by atoms with Crippen LogP contribution >= 0.6 is 0 Å². The van der Waals surface area contributed by atoms with Gasteiger partial charge in [-0.15, -0.1) is 0 Å². The van der Waals surface area contributed by atoms with Gasteiger partial charge in [-0.1, -0.05) is 0 Å². The Labute approximate surface area is 107 Å². The maximum Gasteiger partial charge on any atom is 0.119 e. The predicted molar refractivity (Wildman–Crippen MR) is 73.2 cm³/mol. The summed E-state index contributed by atoms with van der Waals surface area (Å²) >= 11 is 0. The van der Waals surface area contributed by atoms with Crippen molar-refractivity contribution >= 4 is 11.9 Å². The minimum Gasteiger partial charge on any atom is -0.497 e. The summed E-state index contributed by atoms with van der Waals surface area (Å²) in [7, 11) is 3.30. The fourth-order valence-electron chi connectivity index (χ4n) is 1.51. The van der Waals surface area contributed by atoms with Gasteiger partial charge in [0, 0.05) is 6.21 Å². The van der Waals surface area contributed by atoms with Gasteiger partial charge in [0.2, 0.25) is 0 Å². The van der Waals surface area contributed by atoms with Crippen LogP contribution in [0.4, 0.5) is 5.69 Å². The van der Waals surface area contributed by atoms with E-state index in [1.54, 1.807) is 14.2 Å². The van der Waals surface area contributed by atoms with Gasteiger partial charge in [-0.3, -0.25) is 4.99 Å². The molecule has 0 aliphatic rings. The Kier molecular flexibility index (Phi) is 3.97. The molecule has 3 heteroatoms. The van der Waals surface area contributed by atoms with E-state index in [-0.39, 0.29) is 0 Å². The summed E-state index contributed by atoms with van der Waals surface area (Å²) in [6.07, 6.45) is 1.82. The largest absolute Gasteiger partial charge is 0.497 e. The molecule has 0 atom stereocenters. The van der Waals surface area contributed by atoms with E-state index in [1.165, 1.54) is 0 Å². The number of hydrogen-bond acceptors (Lipinski definition) is 3. The third-order valence-corrected chi connectivity index (χ3v) is 2.55. The molecule has 0 unspecified atom stereocenters. The molecular formula is C15H15NO2. The monoisotopic (exact) mass is 241 g/mol. The molecule has 2 aromatic carbocycles. The minimum absolute atomic E-state index is 0.832. The van der Waals surface area contributed by atoms with Crippen molar-refractivity contribution in [2.24, 2.45) is 4.99 Å². The molecule has 0 aromatic heterocycles. The highest BCUT2D eigenvalue weighted by molar-refractivity contribution is 5.82. The van der Waals surface area contributed by atoms with Crippen LogP contribution in [0.5, 0.6) is 11.5 Å². The molecule has 0 saturated heterocycles. The highest BCUT2D eigenvalue weighted by Gasteiger charge is 1.93. The summed E-state index contributed by atoms with van der Waals surface area (Å²) in [6.45, 7) is 0. The number of methoxy groups -OCH3 is 2. The maximum absolute atomic E-state index is 5.10. The van der Waals surface area contributed by atoms with Crippen molar-refractivity contribution in [1.82, 2.24) is 0 Å². The number of benzene rings is 2. The zero-order chi connectivity index (χ0) is 12.8. The number of hydrogen-bond donors (Lipinski definition) is 0. The summed E-state index contributed by atoms with van der Waals surface area (Å²) in [5.74, 6) is 1.68. The van der Waals surface area contributed by atoms with Gasteiger partial charge in [-0.2, -0.15) is 0 Å². The molecule has 0 aliphatic carbocycles. The van der Waals surface area contributed by atoms with E-state index in [0.29, 0.717) is 0 Å². The first-order valence-corrected chi connectivity index (χ1v) is 5.64. The summed E-state index contributed by atoms with van der Waals surface area (Å²) in [5.41, 5.74) is 1.93. The van der Waals surface area contributed by atoms with E-state index in [2.05, 4.69) is 4.99 Å². The maximum atomic E-state index is 5.10. The first kappa shape index (κ1) is 12.2. The molecule has 92 valence electrons. The quantitative estimate of drug-likeness (QED) is 0.767. The molecule has 0 radical (unpaired) electrons. The molecule has 0 aliphatic heterocycles. The first-order chi connectivity index (χ1) is 8.81. The van der Waals surface area contributed by atoms with Crippen LogP contribution < -0.4 is 9.47 Å². The van der Waals surface area contributed by atoms with Crippen molar-refractivity contribution in [1.29, 1.82) is 0 Å². The number of aliphatic imine (C=N–C) groups is 1. The van der Waals surface area contributed by atoms with Crippen molar-refractivity contribution in [3.05, 3.63) is 54.1 Å². The molecule has 0 saturated carbocycles. The predicted octanol–water partition coefficient (Wildman–Crippen LogP) is 3.45. The molecule has 18 heavy (non-hydrogen) atoms. The highest BCUT2D eigenvalue weighted by atomic mass is 16.5. The highest BCUT2D eigenvalue weighted by Crippen LogP contribution is 2.18. The Balaban J connectivity index is 2.08. The lowest BCUT2D eigenvalue weighted by atomic mass is 10.2. The zero-order valence-electron chi connectivity index (χ0n) is 10.5.